The number of nitrogens with zero attached hydrogens (tertiary/aromatic N) is 4. The lowest BCUT2D eigenvalue weighted by atomic mass is 9.93. The van der Waals surface area contributed by atoms with E-state index in [1.165, 1.54) is 24.3 Å². The molecule has 0 saturated carbocycles. The fourth-order valence-corrected chi connectivity index (χ4v) is 4.86. The van der Waals surface area contributed by atoms with Crippen LogP contribution < -0.4 is 4.74 Å². The van der Waals surface area contributed by atoms with E-state index in [1.807, 2.05) is 35.6 Å². The van der Waals surface area contributed by atoms with Crippen molar-refractivity contribution in [3.63, 3.8) is 0 Å². The number of rotatable bonds is 6. The average Bonchev–Trinajstić information content (AvgIpc) is 3.51. The standard InChI is InChI=1S/C28H29FN4O4/c1-5-36-27(34)28(22-8-10-23(29)11-9-22)33-12-6-7-20(26(33)31-37-28)14-21-15-25(35-4)24(13-18(21)2)32-16-19(3)30-17-32/h8-11,13-17H,5-7,12H2,1-4H3. The first kappa shape index (κ1) is 24.5. The van der Waals surface area contributed by atoms with Gasteiger partial charge in [-0.05, 0) is 92.8 Å². The Morgan fingerprint density at radius 1 is 1.24 bits per heavy atom. The van der Waals surface area contributed by atoms with Gasteiger partial charge >= 0.3 is 11.7 Å². The summed E-state index contributed by atoms with van der Waals surface area (Å²) in [5.74, 6) is 0.287. The Hall–Kier alpha value is -4.14. The molecule has 1 aromatic heterocycles. The molecular formula is C28H29FN4O4. The number of fused-ring (bicyclic) bond motifs is 1. The highest BCUT2D eigenvalue weighted by molar-refractivity contribution is 6.06. The summed E-state index contributed by atoms with van der Waals surface area (Å²) >= 11 is 0. The van der Waals surface area contributed by atoms with Gasteiger partial charge in [-0.25, -0.2) is 14.2 Å². The Morgan fingerprint density at radius 2 is 2.03 bits per heavy atom. The monoisotopic (exact) mass is 504 g/mol. The van der Waals surface area contributed by atoms with Gasteiger partial charge in [0, 0.05) is 18.3 Å². The summed E-state index contributed by atoms with van der Waals surface area (Å²) < 4.78 is 26.7. The number of carbonyl (C=O) groups excluding carboxylic acids is 1. The van der Waals surface area contributed by atoms with Crippen LogP contribution in [0, 0.1) is 19.7 Å². The summed E-state index contributed by atoms with van der Waals surface area (Å²) in [4.78, 5) is 25.3. The predicted molar refractivity (Wildman–Crippen MR) is 137 cm³/mol. The number of halogens is 1. The molecule has 9 heteroatoms. The number of aromatic nitrogens is 2. The first-order valence-corrected chi connectivity index (χ1v) is 12.2. The Kier molecular flexibility index (Phi) is 6.45. The highest BCUT2D eigenvalue weighted by atomic mass is 19.1. The van der Waals surface area contributed by atoms with Crippen LogP contribution >= 0.6 is 0 Å². The predicted octanol–water partition coefficient (Wildman–Crippen LogP) is 4.88. The van der Waals surface area contributed by atoms with Crippen molar-refractivity contribution >= 4 is 17.9 Å². The molecule has 0 aliphatic carbocycles. The highest BCUT2D eigenvalue weighted by Gasteiger charge is 2.57. The van der Waals surface area contributed by atoms with Crippen molar-refractivity contribution in [1.82, 2.24) is 14.5 Å². The lowest BCUT2D eigenvalue weighted by Crippen LogP contribution is -2.54. The Bertz CT molecular complexity index is 1400. The van der Waals surface area contributed by atoms with Crippen molar-refractivity contribution < 1.29 is 23.5 Å². The molecule has 1 unspecified atom stereocenters. The molecule has 1 atom stereocenters. The molecule has 3 aromatic rings. The third-order valence-corrected chi connectivity index (χ3v) is 6.69. The number of esters is 1. The molecule has 37 heavy (non-hydrogen) atoms. The Morgan fingerprint density at radius 3 is 2.70 bits per heavy atom. The smallest absolute Gasteiger partial charge is 0.380 e. The van der Waals surface area contributed by atoms with Gasteiger partial charge in [-0.2, -0.15) is 0 Å². The number of aryl methyl sites for hydroxylation is 2. The van der Waals surface area contributed by atoms with Crippen molar-refractivity contribution in [2.75, 3.05) is 20.3 Å². The molecule has 0 amide bonds. The van der Waals surface area contributed by atoms with Crippen molar-refractivity contribution in [1.29, 1.82) is 0 Å². The molecule has 5 rings (SSSR count). The van der Waals surface area contributed by atoms with E-state index in [-0.39, 0.29) is 6.61 Å². The van der Waals surface area contributed by atoms with Crippen LogP contribution in [0.4, 0.5) is 4.39 Å². The number of oxime groups is 1. The number of imidazole rings is 1. The number of ether oxygens (including phenoxy) is 2. The van der Waals surface area contributed by atoms with E-state index in [4.69, 9.17) is 14.3 Å². The molecule has 1 fully saturated rings. The van der Waals surface area contributed by atoms with E-state index in [0.29, 0.717) is 23.7 Å². The van der Waals surface area contributed by atoms with Crippen molar-refractivity contribution in [3.05, 3.63) is 82.7 Å². The van der Waals surface area contributed by atoms with Crippen LogP contribution in [0.1, 0.15) is 42.1 Å². The van der Waals surface area contributed by atoms with Gasteiger partial charge in [0.05, 0.1) is 31.4 Å². The minimum absolute atomic E-state index is 0.179. The maximum absolute atomic E-state index is 13.7. The second kappa shape index (κ2) is 9.72. The quantitative estimate of drug-likeness (QED) is 0.446. The first-order valence-electron chi connectivity index (χ1n) is 12.2. The number of hydrogen-bond acceptors (Lipinski definition) is 7. The zero-order valence-corrected chi connectivity index (χ0v) is 21.3. The Labute approximate surface area is 215 Å². The maximum atomic E-state index is 13.7. The van der Waals surface area contributed by atoms with Crippen molar-refractivity contribution in [2.24, 2.45) is 5.16 Å². The number of methoxy groups -OCH3 is 1. The van der Waals surface area contributed by atoms with E-state index in [1.54, 1.807) is 20.4 Å². The molecule has 0 radical (unpaired) electrons. The molecule has 192 valence electrons. The lowest BCUT2D eigenvalue weighted by molar-refractivity contribution is -0.189. The van der Waals surface area contributed by atoms with Gasteiger partial charge in [-0.3, -0.25) is 0 Å². The van der Waals surface area contributed by atoms with Gasteiger partial charge in [0.15, 0.2) is 5.84 Å². The van der Waals surface area contributed by atoms with E-state index in [0.717, 1.165) is 40.9 Å². The van der Waals surface area contributed by atoms with E-state index >= 15 is 0 Å². The zero-order chi connectivity index (χ0) is 26.2. The molecule has 2 aromatic carbocycles. The van der Waals surface area contributed by atoms with E-state index < -0.39 is 17.5 Å². The second-order valence-electron chi connectivity index (χ2n) is 9.11. The lowest BCUT2D eigenvalue weighted by Gasteiger charge is -2.37. The number of hydrogen-bond donors (Lipinski definition) is 0. The molecule has 3 heterocycles. The summed E-state index contributed by atoms with van der Waals surface area (Å²) in [7, 11) is 1.64. The first-order chi connectivity index (χ1) is 17.9. The number of benzene rings is 2. The molecular weight excluding hydrogens is 475 g/mol. The summed E-state index contributed by atoms with van der Waals surface area (Å²) in [6.45, 7) is 6.43. The van der Waals surface area contributed by atoms with Gasteiger partial charge in [0.25, 0.3) is 0 Å². The molecule has 1 saturated heterocycles. The maximum Gasteiger partial charge on any atom is 0.380 e. The molecule has 0 spiro atoms. The summed E-state index contributed by atoms with van der Waals surface area (Å²) in [6, 6.07) is 9.72. The summed E-state index contributed by atoms with van der Waals surface area (Å²) in [5.41, 5.74) is 3.61. The third-order valence-electron chi connectivity index (χ3n) is 6.69. The van der Waals surface area contributed by atoms with Crippen LogP contribution in [0.2, 0.25) is 0 Å². The fraction of sp³-hybridized carbons (Fsp3) is 0.321. The molecule has 2 aliphatic heterocycles. The van der Waals surface area contributed by atoms with Gasteiger partial charge < -0.3 is 23.8 Å². The average molecular weight is 505 g/mol. The van der Waals surface area contributed by atoms with Crippen LogP contribution in [-0.4, -0.2) is 46.5 Å². The van der Waals surface area contributed by atoms with Crippen LogP contribution in [-0.2, 0) is 20.1 Å². The highest BCUT2D eigenvalue weighted by Crippen LogP contribution is 2.42. The van der Waals surface area contributed by atoms with Crippen LogP contribution in [0.5, 0.6) is 5.75 Å². The van der Waals surface area contributed by atoms with Crippen molar-refractivity contribution in [3.8, 4) is 11.4 Å². The molecule has 0 N–H and O–H groups in total. The van der Waals surface area contributed by atoms with Crippen LogP contribution in [0.3, 0.4) is 0 Å². The van der Waals surface area contributed by atoms with Crippen LogP contribution in [0.15, 0.2) is 59.7 Å². The number of carbonyl (C=O) groups is 1. The molecule has 2 aliphatic rings. The summed E-state index contributed by atoms with van der Waals surface area (Å²) in [5, 5.41) is 4.37. The summed E-state index contributed by atoms with van der Waals surface area (Å²) in [6.07, 6.45) is 7.30. The minimum atomic E-state index is -1.60. The topological polar surface area (TPSA) is 78.2 Å². The van der Waals surface area contributed by atoms with Gasteiger partial charge in [-0.15, -0.1) is 0 Å². The normalized spacial score (nSPS) is 19.9. The molecule has 0 bridgehead atoms. The largest absolute Gasteiger partial charge is 0.495 e. The van der Waals surface area contributed by atoms with Gasteiger partial charge in [0.1, 0.15) is 11.6 Å². The zero-order valence-electron chi connectivity index (χ0n) is 21.3. The molecule has 8 nitrogen and oxygen atoms in total. The van der Waals surface area contributed by atoms with E-state index in [9.17, 15) is 9.18 Å². The third kappa shape index (κ3) is 4.24. The number of piperidine rings is 1. The fourth-order valence-electron chi connectivity index (χ4n) is 4.86. The number of amidine groups is 1. The van der Waals surface area contributed by atoms with Gasteiger partial charge in [-0.1, -0.05) is 5.16 Å². The van der Waals surface area contributed by atoms with E-state index in [2.05, 4.69) is 22.3 Å². The second-order valence-corrected chi connectivity index (χ2v) is 9.11. The van der Waals surface area contributed by atoms with Gasteiger partial charge in [0.2, 0.25) is 0 Å². The minimum Gasteiger partial charge on any atom is -0.495 e. The Balaban J connectivity index is 1.54. The SMILES string of the molecule is CCOC(=O)C1(c2ccc(F)cc2)ON=C2C(=Cc3cc(OC)c(-n4cnc(C)c4)cc3C)CCCN21. The van der Waals surface area contributed by atoms with Crippen molar-refractivity contribution in [2.45, 2.75) is 39.3 Å². The van der Waals surface area contributed by atoms with Crippen LogP contribution in [0.25, 0.3) is 11.8 Å².